The summed E-state index contributed by atoms with van der Waals surface area (Å²) in [4.78, 5) is 84.4. The molecule has 3 unspecified atom stereocenters. The smallest absolute Gasteiger partial charge is 0.418 e. The molecule has 0 bridgehead atoms. The number of ether oxygens (including phenoxy) is 7. The summed E-state index contributed by atoms with van der Waals surface area (Å²) in [6, 6.07) is 21.2. The number of benzene rings is 3. The van der Waals surface area contributed by atoms with Crippen molar-refractivity contribution < 1.29 is 94.8 Å². The lowest BCUT2D eigenvalue weighted by atomic mass is 10.0. The molecule has 3 atom stereocenters. The summed E-state index contributed by atoms with van der Waals surface area (Å²) in [6.45, 7) is -0.117. The number of halogens is 4. The minimum atomic E-state index is -4.70. The number of Topliss-reactive ketones (excluding diaryl/α,β-unsaturated/α-hetero) is 6. The maximum Gasteiger partial charge on any atom is 0.418 e. The number of pyridine rings is 3. The number of aliphatic hydroxyl groups excluding tert-OH is 3. The van der Waals surface area contributed by atoms with E-state index in [1.807, 2.05) is 0 Å². The number of fused-ring (bicyclic) bond motifs is 3. The predicted octanol–water partition coefficient (Wildman–Crippen LogP) is 7.22. The van der Waals surface area contributed by atoms with E-state index in [0.717, 1.165) is 24.4 Å². The van der Waals surface area contributed by atoms with Crippen molar-refractivity contribution in [2.45, 2.75) is 63.6 Å². The molecule has 3 aliphatic heterocycles. The Morgan fingerprint density at radius 1 is 0.500 bits per heavy atom. The van der Waals surface area contributed by atoms with Crippen molar-refractivity contribution in [1.82, 2.24) is 15.0 Å². The van der Waals surface area contributed by atoms with Crippen LogP contribution in [0.4, 0.5) is 17.6 Å². The summed E-state index contributed by atoms with van der Waals surface area (Å²) in [7, 11) is 1.46. The highest BCUT2D eigenvalue weighted by molar-refractivity contribution is 6.04. The number of carbonyl (C=O) groups is 6. The Morgan fingerprint density at radius 2 is 0.855 bits per heavy atom. The molecular formula is C53H45F4N3O16. The summed E-state index contributed by atoms with van der Waals surface area (Å²) in [5.74, 6) is -0.866. The van der Waals surface area contributed by atoms with Crippen LogP contribution in [0.5, 0.6) is 40.2 Å². The molecule has 0 fully saturated rings. The van der Waals surface area contributed by atoms with Gasteiger partial charge in [0.1, 0.15) is 22.8 Å². The van der Waals surface area contributed by atoms with Gasteiger partial charge in [-0.25, -0.2) is 9.37 Å². The summed E-state index contributed by atoms with van der Waals surface area (Å²) in [5.41, 5.74) is -0.883. The van der Waals surface area contributed by atoms with Crippen molar-refractivity contribution in [3.63, 3.8) is 0 Å². The standard InChI is InChI=1S/C18H14F3NO5.C18H17NO6.C17H14FNO5/c19-18(20,21)11-2-1-7-22-17(11)13(24)5-4-12(23)10-3-6-14-15(8-10)26-9-16(25)27-14;1-23-15-3-2-8-19-18(15)13(21)6-5-12(20)11-4-7-14-16(9-11)24-10-17(22)25-14;18-11-2-1-7-19-17(11)13(21)5-4-12(20)10-3-6-14-15(8-10)23-9-16(22)24-14/h1-3,6-8,16,25H,4-5,9H2;2-4,7-9,17,22H,5-6,10H2,1H3;1-3,6-8,16,22H,4-5,9H2. The van der Waals surface area contributed by atoms with Gasteiger partial charge in [-0.2, -0.15) is 13.2 Å². The molecule has 0 spiro atoms. The SMILES string of the molecule is COc1cccnc1C(=O)CCC(=O)c1ccc2c(c1)OCC(O)O2.O=C(CCC(=O)c1ncccc1C(F)(F)F)c1ccc2c(c1)OCC(O)O2.O=C(CCC(=O)c1ncccc1F)c1ccc2c(c1)OCC(O)O2. The first-order chi connectivity index (χ1) is 36.4. The van der Waals surface area contributed by atoms with E-state index in [1.165, 1.54) is 62.0 Å². The molecule has 0 saturated carbocycles. The molecule has 396 valence electrons. The molecule has 3 aliphatic rings. The van der Waals surface area contributed by atoms with Gasteiger partial charge in [-0.1, -0.05) is 0 Å². The van der Waals surface area contributed by atoms with Gasteiger partial charge >= 0.3 is 6.18 Å². The van der Waals surface area contributed by atoms with Gasteiger partial charge in [0.15, 0.2) is 94.8 Å². The highest BCUT2D eigenvalue weighted by Gasteiger charge is 2.36. The molecule has 0 aliphatic carbocycles. The number of hydrogen-bond donors (Lipinski definition) is 3. The van der Waals surface area contributed by atoms with E-state index in [0.29, 0.717) is 39.9 Å². The summed E-state index contributed by atoms with van der Waals surface area (Å²) >= 11 is 0. The average Bonchev–Trinajstić information content (AvgIpc) is 3.42. The third-order valence-electron chi connectivity index (χ3n) is 11.1. The van der Waals surface area contributed by atoms with Crippen molar-refractivity contribution in [3.05, 3.63) is 155 Å². The van der Waals surface area contributed by atoms with Gasteiger partial charge in [0.25, 0.3) is 0 Å². The zero-order chi connectivity index (χ0) is 54.5. The Labute approximate surface area is 428 Å². The molecular weight excluding hydrogens is 1010 g/mol. The molecule has 3 N–H and O–H groups in total. The Morgan fingerprint density at radius 3 is 1.26 bits per heavy atom. The fourth-order valence-corrected chi connectivity index (χ4v) is 7.38. The molecule has 19 nitrogen and oxygen atoms in total. The number of carbonyl (C=O) groups excluding carboxylic acids is 6. The summed E-state index contributed by atoms with van der Waals surface area (Å²) in [5, 5.41) is 28.0. The van der Waals surface area contributed by atoms with Gasteiger partial charge in [-0.05, 0) is 91.0 Å². The van der Waals surface area contributed by atoms with Crippen LogP contribution in [-0.4, -0.2) is 111 Å². The Kier molecular flexibility index (Phi) is 18.1. The van der Waals surface area contributed by atoms with Gasteiger partial charge in [0.2, 0.25) is 18.9 Å². The molecule has 76 heavy (non-hydrogen) atoms. The van der Waals surface area contributed by atoms with Gasteiger partial charge in [-0.3, -0.25) is 38.7 Å². The Balaban J connectivity index is 0.000000166. The molecule has 9 rings (SSSR count). The molecule has 6 aromatic rings. The highest BCUT2D eigenvalue weighted by Crippen LogP contribution is 2.36. The van der Waals surface area contributed by atoms with Crippen LogP contribution in [0.3, 0.4) is 0 Å². The van der Waals surface area contributed by atoms with Crippen molar-refractivity contribution in [3.8, 4) is 40.2 Å². The third-order valence-corrected chi connectivity index (χ3v) is 11.1. The maximum absolute atomic E-state index is 13.5. The van der Waals surface area contributed by atoms with E-state index in [2.05, 4.69) is 15.0 Å². The predicted molar refractivity (Wildman–Crippen MR) is 254 cm³/mol. The fraction of sp³-hybridized carbons (Fsp3) is 0.264. The second-order valence-corrected chi connectivity index (χ2v) is 16.5. The van der Waals surface area contributed by atoms with Crippen LogP contribution >= 0.6 is 0 Å². The number of aromatic nitrogens is 3. The van der Waals surface area contributed by atoms with Crippen LogP contribution in [0.1, 0.15) is 107 Å². The van der Waals surface area contributed by atoms with Crippen LogP contribution in [0.2, 0.25) is 0 Å². The van der Waals surface area contributed by atoms with Crippen LogP contribution < -0.4 is 33.2 Å². The second kappa shape index (κ2) is 25.0. The summed E-state index contributed by atoms with van der Waals surface area (Å²) in [6.07, 6.45) is -4.76. The van der Waals surface area contributed by atoms with Crippen LogP contribution in [-0.2, 0) is 6.18 Å². The lowest BCUT2D eigenvalue weighted by molar-refractivity contribution is -0.138. The molecule has 3 aromatic heterocycles. The Hall–Kier alpha value is -8.67. The number of nitrogens with zero attached hydrogens (tertiary/aromatic N) is 3. The van der Waals surface area contributed by atoms with E-state index >= 15 is 0 Å². The number of alkyl halides is 3. The van der Waals surface area contributed by atoms with E-state index in [4.69, 9.17) is 33.2 Å². The lowest BCUT2D eigenvalue weighted by Gasteiger charge is -2.22. The normalized spacial score (nSPS) is 15.8. The average molecular weight is 1060 g/mol. The first-order valence-electron chi connectivity index (χ1n) is 23.0. The third kappa shape index (κ3) is 14.3. The largest absolute Gasteiger partial charge is 0.494 e. The van der Waals surface area contributed by atoms with Gasteiger partial charge in [0.05, 0.1) is 12.7 Å². The second-order valence-electron chi connectivity index (χ2n) is 16.5. The number of hydrogen-bond acceptors (Lipinski definition) is 19. The lowest BCUT2D eigenvalue weighted by Crippen LogP contribution is -2.28. The van der Waals surface area contributed by atoms with E-state index in [1.54, 1.807) is 30.3 Å². The van der Waals surface area contributed by atoms with Crippen molar-refractivity contribution in [2.24, 2.45) is 0 Å². The van der Waals surface area contributed by atoms with Crippen LogP contribution in [0.25, 0.3) is 0 Å². The molecule has 0 saturated heterocycles. The zero-order valence-corrected chi connectivity index (χ0v) is 40.0. The van der Waals surface area contributed by atoms with E-state index in [9.17, 15) is 61.6 Å². The minimum absolute atomic E-state index is 0.00258. The minimum Gasteiger partial charge on any atom is -0.494 e. The van der Waals surface area contributed by atoms with Gasteiger partial charge < -0.3 is 48.5 Å². The maximum atomic E-state index is 13.5. The number of rotatable bonds is 16. The topological polar surface area (TPSA) is 266 Å². The number of ketones is 6. The first-order valence-corrected chi connectivity index (χ1v) is 23.0. The van der Waals surface area contributed by atoms with E-state index < -0.39 is 65.9 Å². The van der Waals surface area contributed by atoms with Crippen LogP contribution in [0, 0.1) is 5.82 Å². The molecule has 23 heteroatoms. The fourth-order valence-electron chi connectivity index (χ4n) is 7.38. The highest BCUT2D eigenvalue weighted by atomic mass is 19.4. The van der Waals surface area contributed by atoms with Crippen molar-refractivity contribution >= 4 is 34.7 Å². The zero-order valence-electron chi connectivity index (χ0n) is 40.0. The molecule has 0 radical (unpaired) electrons. The molecule has 6 heterocycles. The molecule has 3 aromatic carbocycles. The number of aliphatic hydroxyl groups is 3. The molecule has 0 amide bonds. The van der Waals surface area contributed by atoms with Gasteiger partial charge in [-0.15, -0.1) is 0 Å². The van der Waals surface area contributed by atoms with E-state index in [-0.39, 0.29) is 97.7 Å². The monoisotopic (exact) mass is 1060 g/mol. The first kappa shape index (κ1) is 55.1. The Bertz CT molecular complexity index is 3130. The van der Waals surface area contributed by atoms with Crippen molar-refractivity contribution in [2.75, 3.05) is 26.9 Å². The summed E-state index contributed by atoms with van der Waals surface area (Å²) < 4.78 is 88.8. The van der Waals surface area contributed by atoms with Crippen molar-refractivity contribution in [1.29, 1.82) is 0 Å². The van der Waals surface area contributed by atoms with Crippen LogP contribution in [0.15, 0.2) is 110 Å². The quantitative estimate of drug-likeness (QED) is 0.0638. The number of methoxy groups -OCH3 is 1. The van der Waals surface area contributed by atoms with Gasteiger partial charge in [0, 0.05) is 73.8 Å².